The van der Waals surface area contributed by atoms with Crippen LogP contribution in [0.5, 0.6) is 0 Å². The number of hydrogen-bond acceptors (Lipinski definition) is 6. The van der Waals surface area contributed by atoms with E-state index in [1.807, 2.05) is 6.26 Å². The molecule has 0 N–H and O–H groups in total. The second kappa shape index (κ2) is 6.92. The fourth-order valence-electron chi connectivity index (χ4n) is 3.61. The van der Waals surface area contributed by atoms with E-state index in [0.717, 1.165) is 4.34 Å². The highest BCUT2D eigenvalue weighted by Gasteiger charge is 2.41. The zero-order chi connectivity index (χ0) is 18.3. The molecule has 134 valence electrons. The lowest BCUT2D eigenvalue weighted by Gasteiger charge is -2.36. The van der Waals surface area contributed by atoms with E-state index in [9.17, 15) is 14.0 Å². The molecule has 0 spiro atoms. The van der Waals surface area contributed by atoms with Gasteiger partial charge in [0.25, 0.3) is 0 Å². The van der Waals surface area contributed by atoms with Crippen LogP contribution in [0.25, 0.3) is 0 Å². The number of thioether (sulfide) groups is 1. The third-order valence-electron chi connectivity index (χ3n) is 4.72. The van der Waals surface area contributed by atoms with Gasteiger partial charge in [-0.05, 0) is 30.7 Å². The van der Waals surface area contributed by atoms with Crippen molar-refractivity contribution in [2.45, 2.75) is 35.9 Å². The summed E-state index contributed by atoms with van der Waals surface area (Å²) in [5.41, 5.74) is 1.63. The summed E-state index contributed by atoms with van der Waals surface area (Å²) in [5, 5.41) is 8.67. The smallest absolute Gasteiger partial charge is 0.234 e. The van der Waals surface area contributed by atoms with E-state index in [1.165, 1.54) is 34.1 Å². The number of Topliss-reactive ketones (excluding diaryl/α,β-unsaturated/α-hetero) is 1. The first kappa shape index (κ1) is 17.4. The SMILES string of the molecule is CSc1nnc(N2C(=O)C[C@H](c3ccccc3F)C3=C2CCCC3=O)s1. The Labute approximate surface area is 158 Å². The number of halogens is 1. The molecule has 26 heavy (non-hydrogen) atoms. The number of rotatable bonds is 3. The monoisotopic (exact) mass is 389 g/mol. The molecule has 1 atom stereocenters. The van der Waals surface area contributed by atoms with Crippen molar-refractivity contribution >= 4 is 39.9 Å². The predicted molar refractivity (Wildman–Crippen MR) is 98.8 cm³/mol. The average molecular weight is 389 g/mol. The van der Waals surface area contributed by atoms with E-state index < -0.39 is 5.92 Å². The molecule has 1 aliphatic heterocycles. The summed E-state index contributed by atoms with van der Waals surface area (Å²) < 4.78 is 15.1. The zero-order valence-corrected chi connectivity index (χ0v) is 15.7. The predicted octanol–water partition coefficient (Wildman–Crippen LogP) is 3.93. The molecule has 1 aromatic heterocycles. The Hall–Kier alpha value is -2.06. The molecule has 2 aliphatic rings. The van der Waals surface area contributed by atoms with Crippen molar-refractivity contribution < 1.29 is 14.0 Å². The second-order valence-electron chi connectivity index (χ2n) is 6.20. The normalized spacial score (nSPS) is 20.5. The minimum Gasteiger partial charge on any atom is -0.294 e. The molecule has 0 bridgehead atoms. The highest BCUT2D eigenvalue weighted by molar-refractivity contribution is 8.00. The molecule has 8 heteroatoms. The van der Waals surface area contributed by atoms with E-state index >= 15 is 0 Å². The molecule has 0 saturated heterocycles. The molecule has 2 heterocycles. The topological polar surface area (TPSA) is 63.2 Å². The molecular weight excluding hydrogens is 373 g/mol. The lowest BCUT2D eigenvalue weighted by Crippen LogP contribution is -2.40. The fraction of sp³-hybridized carbons (Fsp3) is 0.333. The Morgan fingerprint density at radius 2 is 2.04 bits per heavy atom. The number of carbonyl (C=O) groups excluding carboxylic acids is 2. The highest BCUT2D eigenvalue weighted by atomic mass is 32.2. The maximum atomic E-state index is 14.4. The van der Waals surface area contributed by atoms with Crippen LogP contribution in [0, 0.1) is 5.82 Å². The number of benzene rings is 1. The van der Waals surface area contributed by atoms with Gasteiger partial charge in [-0.2, -0.15) is 0 Å². The van der Waals surface area contributed by atoms with Gasteiger partial charge >= 0.3 is 0 Å². The van der Waals surface area contributed by atoms with Crippen molar-refractivity contribution in [1.29, 1.82) is 0 Å². The average Bonchev–Trinajstić information content (AvgIpc) is 3.10. The molecule has 1 aliphatic carbocycles. The fourth-order valence-corrected chi connectivity index (χ4v) is 4.92. The van der Waals surface area contributed by atoms with E-state index in [2.05, 4.69) is 10.2 Å². The number of nitrogens with zero attached hydrogens (tertiary/aromatic N) is 3. The van der Waals surface area contributed by atoms with Crippen LogP contribution in [0.4, 0.5) is 9.52 Å². The summed E-state index contributed by atoms with van der Waals surface area (Å²) in [6.07, 6.45) is 3.66. The minimum atomic E-state index is -0.532. The van der Waals surface area contributed by atoms with E-state index in [1.54, 1.807) is 18.2 Å². The van der Waals surface area contributed by atoms with Gasteiger partial charge < -0.3 is 0 Å². The van der Waals surface area contributed by atoms with Crippen molar-refractivity contribution in [3.63, 3.8) is 0 Å². The van der Waals surface area contributed by atoms with Crippen LogP contribution < -0.4 is 4.90 Å². The quantitative estimate of drug-likeness (QED) is 0.588. The number of hydrogen-bond donors (Lipinski definition) is 0. The van der Waals surface area contributed by atoms with Crippen molar-refractivity contribution in [1.82, 2.24) is 10.2 Å². The summed E-state index contributed by atoms with van der Waals surface area (Å²) in [5.74, 6) is -1.10. The van der Waals surface area contributed by atoms with Crippen molar-refractivity contribution in [2.75, 3.05) is 11.2 Å². The van der Waals surface area contributed by atoms with Gasteiger partial charge in [0.2, 0.25) is 11.0 Å². The lowest BCUT2D eigenvalue weighted by molar-refractivity contribution is -0.119. The molecule has 0 radical (unpaired) electrons. The minimum absolute atomic E-state index is 0.00777. The van der Waals surface area contributed by atoms with Crippen LogP contribution >= 0.6 is 23.1 Å². The van der Waals surface area contributed by atoms with Gasteiger partial charge in [0.15, 0.2) is 10.1 Å². The number of aromatic nitrogens is 2. The third kappa shape index (κ3) is 2.87. The summed E-state index contributed by atoms with van der Waals surface area (Å²) in [6, 6.07) is 6.37. The molecule has 1 amide bonds. The maximum Gasteiger partial charge on any atom is 0.234 e. The standard InChI is InChI=1S/C18H16FN3O2S2/c1-25-18-21-20-17(26-18)22-13-7-4-8-14(23)16(13)11(9-15(22)24)10-5-2-3-6-12(10)19/h2-3,5-6,11H,4,7-9H2,1H3/t11-/m1/s1. The Morgan fingerprint density at radius 1 is 1.23 bits per heavy atom. The Kier molecular flexibility index (Phi) is 4.62. The van der Waals surface area contributed by atoms with Crippen LogP contribution in [0.1, 0.15) is 37.2 Å². The number of allylic oxidation sites excluding steroid dienone is 2. The molecule has 0 unspecified atom stereocenters. The van der Waals surface area contributed by atoms with Gasteiger partial charge in [0.1, 0.15) is 5.82 Å². The molecular formula is C18H16FN3O2S2. The molecule has 4 rings (SSSR count). The largest absolute Gasteiger partial charge is 0.294 e. The number of carbonyl (C=O) groups is 2. The third-order valence-corrected chi connectivity index (χ3v) is 6.60. The second-order valence-corrected chi connectivity index (χ2v) is 8.21. The first-order valence-corrected chi connectivity index (χ1v) is 10.4. The van der Waals surface area contributed by atoms with Gasteiger partial charge in [-0.25, -0.2) is 4.39 Å². The Bertz CT molecular complexity index is 925. The molecule has 2 aromatic rings. The number of anilines is 1. The highest BCUT2D eigenvalue weighted by Crippen LogP contribution is 2.44. The van der Waals surface area contributed by atoms with Gasteiger partial charge in [0.05, 0.1) is 0 Å². The van der Waals surface area contributed by atoms with Crippen molar-refractivity contribution in [3.8, 4) is 0 Å². The van der Waals surface area contributed by atoms with Crippen LogP contribution in [-0.4, -0.2) is 28.1 Å². The Balaban J connectivity index is 1.86. The molecule has 1 aromatic carbocycles. The van der Waals surface area contributed by atoms with E-state index in [-0.39, 0.29) is 23.9 Å². The van der Waals surface area contributed by atoms with Gasteiger partial charge in [-0.3, -0.25) is 14.5 Å². The van der Waals surface area contributed by atoms with Gasteiger partial charge in [-0.15, -0.1) is 10.2 Å². The molecule has 5 nitrogen and oxygen atoms in total. The number of amides is 1. The van der Waals surface area contributed by atoms with Gasteiger partial charge in [-0.1, -0.05) is 41.3 Å². The van der Waals surface area contributed by atoms with E-state index in [4.69, 9.17) is 0 Å². The lowest BCUT2D eigenvalue weighted by atomic mass is 9.77. The maximum absolute atomic E-state index is 14.4. The van der Waals surface area contributed by atoms with Crippen LogP contribution in [0.15, 0.2) is 39.9 Å². The van der Waals surface area contributed by atoms with Crippen molar-refractivity contribution in [3.05, 3.63) is 46.9 Å². The van der Waals surface area contributed by atoms with Crippen LogP contribution in [0.3, 0.4) is 0 Å². The van der Waals surface area contributed by atoms with Crippen LogP contribution in [-0.2, 0) is 9.59 Å². The summed E-state index contributed by atoms with van der Waals surface area (Å²) in [7, 11) is 0. The van der Waals surface area contributed by atoms with Crippen molar-refractivity contribution in [2.24, 2.45) is 0 Å². The summed E-state index contributed by atoms with van der Waals surface area (Å²) in [6.45, 7) is 0. The molecule has 0 fully saturated rings. The van der Waals surface area contributed by atoms with E-state index in [0.29, 0.717) is 41.2 Å². The van der Waals surface area contributed by atoms with Crippen LogP contribution in [0.2, 0.25) is 0 Å². The van der Waals surface area contributed by atoms with Gasteiger partial charge in [0, 0.05) is 30.0 Å². The number of ketones is 1. The molecule has 0 saturated carbocycles. The summed E-state index contributed by atoms with van der Waals surface area (Å²) in [4.78, 5) is 27.2. The first-order chi connectivity index (χ1) is 12.6. The first-order valence-electron chi connectivity index (χ1n) is 8.31. The Morgan fingerprint density at radius 3 is 2.77 bits per heavy atom. The zero-order valence-electron chi connectivity index (χ0n) is 14.1. The summed E-state index contributed by atoms with van der Waals surface area (Å²) >= 11 is 2.79.